The molecule has 3 N–H and O–H groups in total. The minimum atomic E-state index is -2.73. The molecule has 13 heteroatoms. The number of aromatic nitrogens is 1. The number of hydrogen-bond donors (Lipinski definition) is 3. The molecule has 0 aliphatic heterocycles. The van der Waals surface area contributed by atoms with Gasteiger partial charge in [-0.25, -0.2) is 4.79 Å². The van der Waals surface area contributed by atoms with E-state index in [1.54, 1.807) is 60.7 Å². The zero-order valence-electron chi connectivity index (χ0n) is 24.8. The van der Waals surface area contributed by atoms with Crippen LogP contribution in [0.25, 0.3) is 0 Å². The number of pyridine rings is 1. The van der Waals surface area contributed by atoms with Gasteiger partial charge in [0.05, 0.1) is 50.7 Å². The van der Waals surface area contributed by atoms with Gasteiger partial charge in [0.25, 0.3) is 0 Å². The average Bonchev–Trinajstić information content (AvgIpc) is 3.03. The summed E-state index contributed by atoms with van der Waals surface area (Å²) in [7, 11) is 2.69. The Hall–Kier alpha value is -5.27. The van der Waals surface area contributed by atoms with E-state index in [-0.39, 0.29) is 24.4 Å². The molecule has 0 aliphatic rings. The van der Waals surface area contributed by atoms with Gasteiger partial charge in [0, 0.05) is 28.8 Å². The molecule has 0 fully saturated rings. The summed E-state index contributed by atoms with van der Waals surface area (Å²) in [6.07, 6.45) is 2.66. The van der Waals surface area contributed by atoms with E-state index in [0.717, 1.165) is 9.87 Å². The fourth-order valence-corrected chi connectivity index (χ4v) is 5.23. The summed E-state index contributed by atoms with van der Waals surface area (Å²) in [5.74, 6) is -0.526. The third kappa shape index (κ3) is 8.87. The van der Waals surface area contributed by atoms with Crippen molar-refractivity contribution in [2.24, 2.45) is 0 Å². The number of amides is 3. The number of methoxy groups -OCH3 is 2. The number of urea groups is 1. The van der Waals surface area contributed by atoms with Gasteiger partial charge in [-0.05, 0) is 66.1 Å². The lowest BCUT2D eigenvalue weighted by molar-refractivity contribution is -0.141. The van der Waals surface area contributed by atoms with Crippen LogP contribution in [0, 0.1) is 6.92 Å². The summed E-state index contributed by atoms with van der Waals surface area (Å²) in [5.41, 5.74) is 3.93. The van der Waals surface area contributed by atoms with E-state index in [4.69, 9.17) is 9.47 Å². The molecular weight excluding hydrogens is 598 g/mol. The summed E-state index contributed by atoms with van der Waals surface area (Å²) in [5, 5.41) is 8.37. The second-order valence-corrected chi connectivity index (χ2v) is 10.7. The van der Waals surface area contributed by atoms with Crippen LogP contribution >= 0.6 is 0 Å². The quantitative estimate of drug-likeness (QED) is 0.143. The van der Waals surface area contributed by atoms with Crippen molar-refractivity contribution in [1.29, 1.82) is 0 Å². The second-order valence-electron chi connectivity index (χ2n) is 9.83. The number of para-hydroxylation sites is 1. The van der Waals surface area contributed by atoms with Crippen LogP contribution in [0.2, 0.25) is 0 Å². The summed E-state index contributed by atoms with van der Waals surface area (Å²) in [4.78, 5) is 41.6. The first kappa shape index (κ1) is 32.6. The first-order chi connectivity index (χ1) is 21.7. The van der Waals surface area contributed by atoms with Crippen LogP contribution < -0.4 is 25.0 Å². The zero-order chi connectivity index (χ0) is 32.3. The SMILES string of the molecule is COC(=O)CC(c1ccc(NC(=O)Cc2ccc(NC(=O)Nc3ccccc3C)c(OC)c2)cc1)N(c1cccnc1)S(=O)[O-]. The maximum Gasteiger partial charge on any atom is 0.323 e. The molecule has 0 saturated carbocycles. The molecule has 2 atom stereocenters. The highest BCUT2D eigenvalue weighted by Gasteiger charge is 2.26. The number of nitrogens with zero attached hydrogens (tertiary/aromatic N) is 2. The van der Waals surface area contributed by atoms with E-state index in [9.17, 15) is 23.1 Å². The summed E-state index contributed by atoms with van der Waals surface area (Å²) >= 11 is -2.73. The molecule has 0 spiro atoms. The highest BCUT2D eigenvalue weighted by molar-refractivity contribution is 7.80. The molecule has 12 nitrogen and oxygen atoms in total. The topological polar surface area (TPSA) is 162 Å². The van der Waals surface area contributed by atoms with Gasteiger partial charge in [-0.3, -0.25) is 23.1 Å². The van der Waals surface area contributed by atoms with Crippen molar-refractivity contribution in [2.75, 3.05) is 34.5 Å². The monoisotopic (exact) mass is 630 g/mol. The third-order valence-electron chi connectivity index (χ3n) is 6.78. The lowest BCUT2D eigenvalue weighted by Gasteiger charge is -2.34. The van der Waals surface area contributed by atoms with Crippen LogP contribution in [-0.4, -0.2) is 45.9 Å². The van der Waals surface area contributed by atoms with Gasteiger partial charge in [-0.1, -0.05) is 36.4 Å². The van der Waals surface area contributed by atoms with Crippen molar-refractivity contribution in [1.82, 2.24) is 4.98 Å². The number of carbonyl (C=O) groups excluding carboxylic acids is 3. The maximum atomic E-state index is 12.9. The average molecular weight is 631 g/mol. The number of ether oxygens (including phenoxy) is 2. The van der Waals surface area contributed by atoms with Gasteiger partial charge in [-0.2, -0.15) is 0 Å². The highest BCUT2D eigenvalue weighted by Crippen LogP contribution is 2.32. The van der Waals surface area contributed by atoms with Gasteiger partial charge >= 0.3 is 12.0 Å². The summed E-state index contributed by atoms with van der Waals surface area (Å²) < 4.78 is 35.8. The molecule has 4 rings (SSSR count). The van der Waals surface area contributed by atoms with Crippen molar-refractivity contribution >= 4 is 51.9 Å². The minimum Gasteiger partial charge on any atom is -0.755 e. The molecule has 0 aliphatic carbocycles. The number of carbonyl (C=O) groups is 3. The molecule has 1 aromatic heterocycles. The Balaban J connectivity index is 1.43. The van der Waals surface area contributed by atoms with E-state index < -0.39 is 29.3 Å². The van der Waals surface area contributed by atoms with E-state index in [2.05, 4.69) is 20.9 Å². The number of aryl methyl sites for hydroxylation is 1. The van der Waals surface area contributed by atoms with Crippen LogP contribution in [-0.2, 0) is 32.0 Å². The molecule has 2 unspecified atom stereocenters. The smallest absolute Gasteiger partial charge is 0.323 e. The predicted octanol–water partition coefficient (Wildman–Crippen LogP) is 5.13. The molecule has 0 radical (unpaired) electrons. The van der Waals surface area contributed by atoms with Crippen molar-refractivity contribution in [3.05, 3.63) is 108 Å². The Bertz CT molecular complexity index is 1670. The van der Waals surface area contributed by atoms with Gasteiger partial charge in [0.2, 0.25) is 5.91 Å². The zero-order valence-corrected chi connectivity index (χ0v) is 25.6. The largest absolute Gasteiger partial charge is 0.755 e. The first-order valence-corrected chi connectivity index (χ1v) is 14.8. The lowest BCUT2D eigenvalue weighted by atomic mass is 10.0. The maximum absolute atomic E-state index is 12.9. The van der Waals surface area contributed by atoms with Crippen molar-refractivity contribution in [3.8, 4) is 5.75 Å². The number of hydrogen-bond acceptors (Lipinski definition) is 8. The molecular formula is C32H32N5O7S-. The molecule has 3 amide bonds. The van der Waals surface area contributed by atoms with Crippen molar-refractivity contribution in [3.63, 3.8) is 0 Å². The Labute approximate surface area is 263 Å². The van der Waals surface area contributed by atoms with E-state index in [0.29, 0.717) is 33.9 Å². The van der Waals surface area contributed by atoms with Crippen molar-refractivity contribution in [2.45, 2.75) is 25.8 Å². The summed E-state index contributed by atoms with van der Waals surface area (Å²) in [6.45, 7) is 1.89. The number of anilines is 4. The van der Waals surface area contributed by atoms with Crippen LogP contribution in [0.15, 0.2) is 91.3 Å². The van der Waals surface area contributed by atoms with Gasteiger partial charge in [0.15, 0.2) is 0 Å². The number of esters is 1. The normalized spacial score (nSPS) is 11.9. The first-order valence-electron chi connectivity index (χ1n) is 13.7. The summed E-state index contributed by atoms with van der Waals surface area (Å²) in [6, 6.07) is 20.7. The van der Waals surface area contributed by atoms with Gasteiger partial charge < -0.3 is 30.0 Å². The fraction of sp³-hybridized carbons (Fsp3) is 0.188. The fourth-order valence-electron chi connectivity index (χ4n) is 4.55. The third-order valence-corrected chi connectivity index (χ3v) is 7.57. The van der Waals surface area contributed by atoms with E-state index >= 15 is 0 Å². The molecule has 0 saturated heterocycles. The number of benzene rings is 3. The Morgan fingerprint density at radius 2 is 1.67 bits per heavy atom. The van der Waals surface area contributed by atoms with Crippen LogP contribution in [0.3, 0.4) is 0 Å². The molecule has 45 heavy (non-hydrogen) atoms. The van der Waals surface area contributed by atoms with E-state index in [1.807, 2.05) is 25.1 Å². The Morgan fingerprint density at radius 3 is 2.31 bits per heavy atom. The Morgan fingerprint density at radius 1 is 0.933 bits per heavy atom. The molecule has 0 bridgehead atoms. The Kier molecular flexibility index (Phi) is 11.2. The molecule has 1 heterocycles. The standard InChI is InChI=1S/C32H33N5O7S/c1-21-7-4-5-9-26(21)35-32(40)36-27-15-10-22(17-29(27)43-2)18-30(38)34-24-13-11-23(12-14-24)28(19-31(39)44-3)37(45(41)42)25-8-6-16-33-20-25/h4-17,20,28H,18-19H2,1-3H3,(H,34,38)(H,41,42)(H2,35,36,40)/p-1. The van der Waals surface area contributed by atoms with Gasteiger partial charge in [-0.15, -0.1) is 0 Å². The number of nitrogens with one attached hydrogen (secondary N) is 3. The predicted molar refractivity (Wildman–Crippen MR) is 171 cm³/mol. The van der Waals surface area contributed by atoms with Crippen molar-refractivity contribution < 1.29 is 32.6 Å². The molecule has 4 aromatic rings. The van der Waals surface area contributed by atoms with Crippen LogP contribution in [0.1, 0.15) is 29.2 Å². The lowest BCUT2D eigenvalue weighted by Crippen LogP contribution is -2.32. The number of rotatable bonds is 12. The second kappa shape index (κ2) is 15.5. The van der Waals surface area contributed by atoms with E-state index in [1.165, 1.54) is 26.6 Å². The van der Waals surface area contributed by atoms with Crippen LogP contribution in [0.5, 0.6) is 5.75 Å². The molecule has 3 aromatic carbocycles. The minimum absolute atomic E-state index is 0.0166. The van der Waals surface area contributed by atoms with Crippen LogP contribution in [0.4, 0.5) is 27.5 Å². The van der Waals surface area contributed by atoms with Gasteiger partial charge in [0.1, 0.15) is 5.75 Å². The molecule has 234 valence electrons. The highest BCUT2D eigenvalue weighted by atomic mass is 32.2.